The second-order valence-corrected chi connectivity index (χ2v) is 17.9. The standard InChI is InChI=1S/C42H51Cl2NO10S/c1-27-17-19-30(20-18-27)56-36-41(42(43,44)35(47)53-36,24-23-29(46)16-13-25-52-26-28-14-11-10-12-15-28)31-21-22-32(50-8)34(51-9)33(31)45(37(48)54-39(2,3)4)38(49)55-40(5,6)7/h10-12,14-15,17-22,36H,13,16,23-26H2,1-9H3/t36-,41-/m1/s1. The molecule has 0 saturated carbocycles. The first-order chi connectivity index (χ1) is 26.2. The number of thioether (sulfide) groups is 1. The molecule has 304 valence electrons. The van der Waals surface area contributed by atoms with Crippen molar-refractivity contribution >= 4 is 64.6 Å². The fourth-order valence-corrected chi connectivity index (χ4v) is 8.24. The molecule has 1 heterocycles. The van der Waals surface area contributed by atoms with Crippen LogP contribution < -0.4 is 14.4 Å². The number of methoxy groups -OCH3 is 2. The number of benzene rings is 3. The van der Waals surface area contributed by atoms with Gasteiger partial charge in [-0.3, -0.25) is 4.79 Å². The van der Waals surface area contributed by atoms with Crippen molar-refractivity contribution in [2.75, 3.05) is 25.7 Å². The van der Waals surface area contributed by atoms with Crippen LogP contribution in [0.3, 0.4) is 0 Å². The first kappa shape index (κ1) is 44.7. The summed E-state index contributed by atoms with van der Waals surface area (Å²) in [5, 5.41) is 0. The van der Waals surface area contributed by atoms with E-state index < -0.39 is 44.5 Å². The molecule has 3 aromatic rings. The Balaban J connectivity index is 1.90. The molecule has 0 aromatic heterocycles. The number of carbonyl (C=O) groups is 4. The van der Waals surface area contributed by atoms with Crippen molar-refractivity contribution in [1.82, 2.24) is 0 Å². The summed E-state index contributed by atoms with van der Waals surface area (Å²) in [6.07, 6.45) is -1.91. The van der Waals surface area contributed by atoms with E-state index in [9.17, 15) is 19.2 Å². The normalized spacial score (nSPS) is 17.8. The Morgan fingerprint density at radius 1 is 0.839 bits per heavy atom. The Morgan fingerprint density at radius 2 is 1.45 bits per heavy atom. The van der Waals surface area contributed by atoms with E-state index in [1.54, 1.807) is 41.5 Å². The summed E-state index contributed by atoms with van der Waals surface area (Å²) < 4.78 is 32.5. The van der Waals surface area contributed by atoms with Crippen molar-refractivity contribution in [3.05, 3.63) is 83.4 Å². The highest BCUT2D eigenvalue weighted by molar-refractivity contribution is 8.00. The average Bonchev–Trinajstić information content (AvgIpc) is 3.30. The first-order valence-corrected chi connectivity index (χ1v) is 19.8. The SMILES string of the molecule is COc1ccc([C@]2(CCC(=O)CCCOCc3ccccc3)[C@@H](Sc3ccc(C)cc3)OC(=O)C2(Cl)Cl)c(N(C(=O)OC(C)(C)C)C(=O)OC(C)(C)C)c1OC. The summed E-state index contributed by atoms with van der Waals surface area (Å²) in [5.74, 6) is -1.11. The molecule has 2 amide bonds. The number of halogens is 2. The maximum Gasteiger partial charge on any atom is 0.424 e. The number of rotatable bonds is 15. The van der Waals surface area contributed by atoms with E-state index in [-0.39, 0.29) is 47.8 Å². The number of amides is 2. The summed E-state index contributed by atoms with van der Waals surface area (Å²) in [5.41, 5.74) is -3.28. The first-order valence-electron chi connectivity index (χ1n) is 18.2. The number of hydrogen-bond acceptors (Lipinski definition) is 11. The smallest absolute Gasteiger partial charge is 0.424 e. The highest BCUT2D eigenvalue weighted by Crippen LogP contribution is 2.62. The number of ketones is 1. The summed E-state index contributed by atoms with van der Waals surface area (Å²) in [6.45, 7) is 12.5. The molecule has 1 aliphatic heterocycles. The fourth-order valence-electron chi connectivity index (χ4n) is 6.13. The Morgan fingerprint density at radius 3 is 2.00 bits per heavy atom. The number of carbonyl (C=O) groups excluding carboxylic acids is 4. The van der Waals surface area contributed by atoms with Crippen LogP contribution in [0.2, 0.25) is 0 Å². The van der Waals surface area contributed by atoms with Gasteiger partial charge in [0.25, 0.3) is 0 Å². The van der Waals surface area contributed by atoms with Crippen LogP contribution in [0.25, 0.3) is 0 Å². The maximum atomic E-state index is 14.3. The molecule has 11 nitrogen and oxygen atoms in total. The van der Waals surface area contributed by atoms with E-state index in [4.69, 9.17) is 51.6 Å². The van der Waals surface area contributed by atoms with Crippen molar-refractivity contribution in [2.24, 2.45) is 0 Å². The van der Waals surface area contributed by atoms with Crippen molar-refractivity contribution < 1.29 is 47.6 Å². The number of imide groups is 1. The lowest BCUT2D eigenvalue weighted by Gasteiger charge is -2.41. The van der Waals surface area contributed by atoms with Crippen LogP contribution in [0.1, 0.15) is 83.9 Å². The molecule has 2 atom stereocenters. The Kier molecular flexibility index (Phi) is 14.8. The molecular weight excluding hydrogens is 781 g/mol. The Hall–Kier alpha value is -3.97. The molecule has 0 spiro atoms. The number of Topliss-reactive ketones (excluding diaryl/α,β-unsaturated/α-hetero) is 1. The number of ether oxygens (including phenoxy) is 6. The van der Waals surface area contributed by atoms with Crippen LogP contribution in [0.5, 0.6) is 11.5 Å². The van der Waals surface area contributed by atoms with E-state index in [1.165, 1.54) is 26.4 Å². The zero-order chi connectivity index (χ0) is 41.5. The largest absolute Gasteiger partial charge is 0.493 e. The van der Waals surface area contributed by atoms with Gasteiger partial charge in [0.1, 0.15) is 22.7 Å². The van der Waals surface area contributed by atoms with Crippen molar-refractivity contribution in [3.63, 3.8) is 0 Å². The van der Waals surface area contributed by atoms with Crippen LogP contribution in [0, 0.1) is 6.92 Å². The van der Waals surface area contributed by atoms with E-state index in [0.29, 0.717) is 29.4 Å². The van der Waals surface area contributed by atoms with Gasteiger partial charge in [0.2, 0.25) is 4.33 Å². The topological polar surface area (TPSA) is 127 Å². The van der Waals surface area contributed by atoms with E-state index in [2.05, 4.69) is 0 Å². The number of esters is 1. The predicted octanol–water partition coefficient (Wildman–Crippen LogP) is 10.1. The third kappa shape index (κ3) is 10.7. The molecule has 1 fully saturated rings. The maximum absolute atomic E-state index is 14.3. The zero-order valence-electron chi connectivity index (χ0n) is 33.4. The molecule has 14 heteroatoms. The second kappa shape index (κ2) is 18.5. The molecule has 0 radical (unpaired) electrons. The summed E-state index contributed by atoms with van der Waals surface area (Å²) >= 11 is 15.5. The van der Waals surface area contributed by atoms with Crippen LogP contribution in [-0.4, -0.2) is 65.7 Å². The number of cyclic esters (lactones) is 1. The molecule has 0 N–H and O–H groups in total. The number of anilines is 1. The summed E-state index contributed by atoms with van der Waals surface area (Å²) in [4.78, 5) is 57.5. The second-order valence-electron chi connectivity index (χ2n) is 15.4. The van der Waals surface area contributed by atoms with Gasteiger partial charge in [-0.05, 0) is 90.6 Å². The minimum Gasteiger partial charge on any atom is -0.493 e. The number of alkyl halides is 2. The lowest BCUT2D eigenvalue weighted by molar-refractivity contribution is -0.139. The highest BCUT2D eigenvalue weighted by Gasteiger charge is 2.69. The van der Waals surface area contributed by atoms with Crippen molar-refractivity contribution in [1.29, 1.82) is 0 Å². The summed E-state index contributed by atoms with van der Waals surface area (Å²) in [6, 6.07) is 20.3. The van der Waals surface area contributed by atoms with Crippen LogP contribution in [-0.2, 0) is 40.6 Å². The Labute approximate surface area is 343 Å². The van der Waals surface area contributed by atoms with E-state index in [0.717, 1.165) is 22.9 Å². The van der Waals surface area contributed by atoms with Crippen molar-refractivity contribution in [2.45, 2.75) is 112 Å². The third-order valence-corrected chi connectivity index (χ3v) is 11.0. The molecule has 0 bridgehead atoms. The number of hydrogen-bond donors (Lipinski definition) is 0. The molecule has 3 aromatic carbocycles. The lowest BCUT2D eigenvalue weighted by atomic mass is 9.73. The zero-order valence-corrected chi connectivity index (χ0v) is 35.7. The van der Waals surface area contributed by atoms with Gasteiger partial charge in [-0.15, -0.1) is 0 Å². The predicted molar refractivity (Wildman–Crippen MR) is 217 cm³/mol. The average molecular weight is 833 g/mol. The van der Waals surface area contributed by atoms with Gasteiger partial charge >= 0.3 is 18.2 Å². The van der Waals surface area contributed by atoms with E-state index in [1.807, 2.05) is 61.5 Å². The van der Waals surface area contributed by atoms with Crippen LogP contribution >= 0.6 is 35.0 Å². The van der Waals surface area contributed by atoms with Crippen LogP contribution in [0.4, 0.5) is 15.3 Å². The number of aryl methyl sites for hydroxylation is 1. The minimum atomic E-state index is -2.36. The van der Waals surface area contributed by atoms with Gasteiger partial charge in [-0.1, -0.05) is 89.1 Å². The van der Waals surface area contributed by atoms with Gasteiger partial charge in [0, 0.05) is 24.3 Å². The summed E-state index contributed by atoms with van der Waals surface area (Å²) in [7, 11) is 2.71. The van der Waals surface area contributed by atoms with Crippen LogP contribution in [0.15, 0.2) is 71.6 Å². The third-order valence-electron chi connectivity index (χ3n) is 8.73. The molecule has 56 heavy (non-hydrogen) atoms. The number of nitrogens with zero attached hydrogens (tertiary/aromatic N) is 1. The van der Waals surface area contributed by atoms with Crippen molar-refractivity contribution in [3.8, 4) is 11.5 Å². The van der Waals surface area contributed by atoms with Gasteiger partial charge in [-0.2, -0.15) is 4.90 Å². The lowest BCUT2D eigenvalue weighted by Crippen LogP contribution is -2.50. The molecule has 1 saturated heterocycles. The van der Waals surface area contributed by atoms with Gasteiger partial charge in [0.05, 0.1) is 26.2 Å². The molecular formula is C42H51Cl2NO10S. The van der Waals surface area contributed by atoms with Gasteiger partial charge in [0.15, 0.2) is 16.9 Å². The molecule has 0 unspecified atom stereocenters. The molecule has 1 aliphatic rings. The van der Waals surface area contributed by atoms with Gasteiger partial charge < -0.3 is 28.4 Å². The monoisotopic (exact) mass is 831 g/mol. The quantitative estimate of drug-likeness (QED) is 0.0629. The fraction of sp³-hybridized carbons (Fsp3) is 0.476. The van der Waals surface area contributed by atoms with Gasteiger partial charge in [-0.25, -0.2) is 14.4 Å². The highest BCUT2D eigenvalue weighted by atomic mass is 35.5. The molecule has 4 rings (SSSR count). The Bertz CT molecular complexity index is 1830. The minimum absolute atomic E-state index is 0.0753. The van der Waals surface area contributed by atoms with E-state index >= 15 is 0 Å². The molecule has 0 aliphatic carbocycles.